The maximum atomic E-state index is 11.0. The minimum atomic E-state index is -0.110. The van der Waals surface area contributed by atoms with Crippen LogP contribution in [0.4, 0.5) is 11.5 Å². The van der Waals surface area contributed by atoms with Crippen LogP contribution in [0.2, 0.25) is 0 Å². The number of anilines is 2. The molecule has 0 aliphatic carbocycles. The average Bonchev–Trinajstić information content (AvgIpc) is 2.80. The van der Waals surface area contributed by atoms with Crippen molar-refractivity contribution >= 4 is 28.3 Å². The molecule has 4 aromatic rings. The number of aromatic nitrogens is 4. The lowest BCUT2D eigenvalue weighted by Crippen LogP contribution is -2.19. The lowest BCUT2D eigenvalue weighted by atomic mass is 10.1. The van der Waals surface area contributed by atoms with Gasteiger partial charge in [-0.15, -0.1) is 0 Å². The third kappa shape index (κ3) is 5.60. The molecule has 0 saturated heterocycles. The first-order chi connectivity index (χ1) is 16.0. The molecule has 1 amide bonds. The summed E-state index contributed by atoms with van der Waals surface area (Å²) in [5, 5.41) is 6.86. The quantitative estimate of drug-likeness (QED) is 0.453. The van der Waals surface area contributed by atoms with Crippen LogP contribution in [0.5, 0.6) is 11.5 Å². The Bertz CT molecular complexity index is 1370. The molecular weight excluding hydrogens is 416 g/mol. The van der Waals surface area contributed by atoms with Crippen molar-refractivity contribution in [2.24, 2.45) is 0 Å². The van der Waals surface area contributed by atoms with Gasteiger partial charge in [0.15, 0.2) is 5.75 Å². The minimum absolute atomic E-state index is 0.110. The summed E-state index contributed by atoms with van der Waals surface area (Å²) in [6.45, 7) is 5.56. The van der Waals surface area contributed by atoms with Crippen LogP contribution in [0.3, 0.4) is 0 Å². The summed E-state index contributed by atoms with van der Waals surface area (Å²) in [7, 11) is 0. The second-order valence-electron chi connectivity index (χ2n) is 7.34. The van der Waals surface area contributed by atoms with Crippen LogP contribution in [0, 0.1) is 25.7 Å². The van der Waals surface area contributed by atoms with Gasteiger partial charge in [0.2, 0.25) is 5.91 Å². The van der Waals surface area contributed by atoms with Gasteiger partial charge in [-0.05, 0) is 55.8 Å². The van der Waals surface area contributed by atoms with E-state index in [1.807, 2.05) is 50.2 Å². The van der Waals surface area contributed by atoms with Crippen molar-refractivity contribution < 1.29 is 9.53 Å². The molecule has 0 spiro atoms. The molecule has 8 heteroatoms. The van der Waals surface area contributed by atoms with Gasteiger partial charge < -0.3 is 15.4 Å². The summed E-state index contributed by atoms with van der Waals surface area (Å²) >= 11 is 0. The number of carbonyl (C=O) groups excluding carboxylic acids is 1. The summed E-state index contributed by atoms with van der Waals surface area (Å²) in [4.78, 5) is 28.0. The molecule has 33 heavy (non-hydrogen) atoms. The Morgan fingerprint density at radius 2 is 1.85 bits per heavy atom. The molecule has 2 heterocycles. The molecule has 0 aliphatic rings. The van der Waals surface area contributed by atoms with Crippen LogP contribution in [0.1, 0.15) is 23.9 Å². The van der Waals surface area contributed by atoms with Gasteiger partial charge in [-0.25, -0.2) is 19.9 Å². The molecule has 2 N–H and O–H groups in total. The molecule has 2 aromatic heterocycles. The molecule has 4 rings (SSSR count). The molecule has 164 valence electrons. The molecule has 0 bridgehead atoms. The van der Waals surface area contributed by atoms with Crippen molar-refractivity contribution in [2.75, 3.05) is 11.9 Å². The maximum Gasteiger partial charge on any atom is 0.217 e. The fourth-order valence-corrected chi connectivity index (χ4v) is 3.09. The van der Waals surface area contributed by atoms with Gasteiger partial charge in [0, 0.05) is 23.6 Å². The topological polar surface area (TPSA) is 102 Å². The normalized spacial score (nSPS) is 10.3. The minimum Gasteiger partial charge on any atom is -0.454 e. The number of rotatable bonds is 5. The SMILES string of the molecule is CC(=O)NCC#Cc1ccc2ncnc(Nc3ccc(Oc4cnc(C)nc4)c(C)c3)c2c1. The Labute approximate surface area is 191 Å². The van der Waals surface area contributed by atoms with E-state index in [2.05, 4.69) is 42.4 Å². The van der Waals surface area contributed by atoms with E-state index in [0.717, 1.165) is 33.5 Å². The van der Waals surface area contributed by atoms with Crippen molar-refractivity contribution in [2.45, 2.75) is 20.8 Å². The van der Waals surface area contributed by atoms with E-state index in [-0.39, 0.29) is 5.91 Å². The fraction of sp³-hybridized carbons (Fsp3) is 0.160. The molecule has 0 radical (unpaired) electrons. The summed E-state index contributed by atoms with van der Waals surface area (Å²) < 4.78 is 5.90. The highest BCUT2D eigenvalue weighted by molar-refractivity contribution is 5.91. The second-order valence-corrected chi connectivity index (χ2v) is 7.34. The first-order valence-corrected chi connectivity index (χ1v) is 10.3. The number of amides is 1. The predicted molar refractivity (Wildman–Crippen MR) is 126 cm³/mol. The number of hydrogen-bond acceptors (Lipinski definition) is 7. The monoisotopic (exact) mass is 438 g/mol. The Morgan fingerprint density at radius 3 is 2.61 bits per heavy atom. The smallest absolute Gasteiger partial charge is 0.217 e. The van der Waals surface area contributed by atoms with Crippen molar-refractivity contribution in [3.63, 3.8) is 0 Å². The zero-order valence-corrected chi connectivity index (χ0v) is 18.5. The fourth-order valence-electron chi connectivity index (χ4n) is 3.09. The second kappa shape index (κ2) is 9.75. The molecular formula is C25H22N6O2. The van der Waals surface area contributed by atoms with Gasteiger partial charge >= 0.3 is 0 Å². The van der Waals surface area contributed by atoms with Crippen LogP contribution >= 0.6 is 0 Å². The molecule has 0 aliphatic heterocycles. The average molecular weight is 438 g/mol. The van der Waals surface area contributed by atoms with Gasteiger partial charge in [-0.1, -0.05) is 11.8 Å². The van der Waals surface area contributed by atoms with Gasteiger partial charge in [0.1, 0.15) is 23.7 Å². The molecule has 8 nitrogen and oxygen atoms in total. The number of nitrogens with one attached hydrogen (secondary N) is 2. The summed E-state index contributed by atoms with van der Waals surface area (Å²) in [6, 6.07) is 11.5. The summed E-state index contributed by atoms with van der Waals surface area (Å²) in [5.41, 5.74) is 3.42. The van der Waals surface area contributed by atoms with Crippen LogP contribution in [-0.2, 0) is 4.79 Å². The van der Waals surface area contributed by atoms with E-state index in [0.29, 0.717) is 23.9 Å². The van der Waals surface area contributed by atoms with Crippen molar-refractivity contribution in [3.05, 3.63) is 72.1 Å². The standard InChI is InChI=1S/C25H22N6O2/c1-16-11-20(7-9-24(16)33-21-13-27-17(2)28-14-21)31-25-22-12-19(5-4-10-26-18(3)32)6-8-23(22)29-15-30-25/h6-9,11-15H,10H2,1-3H3,(H,26,32)(H,29,30,31). The first kappa shape index (κ1) is 21.7. The highest BCUT2D eigenvalue weighted by Gasteiger charge is 2.08. The van der Waals surface area contributed by atoms with Crippen LogP contribution in [-0.4, -0.2) is 32.4 Å². The van der Waals surface area contributed by atoms with Gasteiger partial charge in [0.05, 0.1) is 24.5 Å². The number of benzene rings is 2. The van der Waals surface area contributed by atoms with E-state index in [1.165, 1.54) is 13.3 Å². The number of aryl methyl sites for hydroxylation is 2. The van der Waals surface area contributed by atoms with E-state index in [4.69, 9.17) is 4.74 Å². The molecule has 2 aromatic carbocycles. The third-order valence-electron chi connectivity index (χ3n) is 4.72. The van der Waals surface area contributed by atoms with E-state index in [1.54, 1.807) is 12.4 Å². The van der Waals surface area contributed by atoms with Gasteiger partial charge in [0.25, 0.3) is 0 Å². The van der Waals surface area contributed by atoms with Gasteiger partial charge in [-0.3, -0.25) is 4.79 Å². The Balaban J connectivity index is 1.55. The van der Waals surface area contributed by atoms with E-state index >= 15 is 0 Å². The van der Waals surface area contributed by atoms with E-state index in [9.17, 15) is 4.79 Å². The maximum absolute atomic E-state index is 11.0. The Kier molecular flexibility index (Phi) is 6.41. The number of fused-ring (bicyclic) bond motifs is 1. The van der Waals surface area contributed by atoms with Crippen molar-refractivity contribution in [3.8, 4) is 23.3 Å². The largest absolute Gasteiger partial charge is 0.454 e. The number of carbonyl (C=O) groups is 1. The van der Waals surface area contributed by atoms with Crippen LogP contribution in [0.25, 0.3) is 10.9 Å². The Hall–Kier alpha value is -4.51. The van der Waals surface area contributed by atoms with Crippen molar-refractivity contribution in [1.29, 1.82) is 0 Å². The van der Waals surface area contributed by atoms with Crippen molar-refractivity contribution in [1.82, 2.24) is 25.3 Å². The van der Waals surface area contributed by atoms with Crippen LogP contribution < -0.4 is 15.4 Å². The number of nitrogens with zero attached hydrogens (tertiary/aromatic N) is 4. The molecule has 0 fully saturated rings. The van der Waals surface area contributed by atoms with E-state index < -0.39 is 0 Å². The zero-order chi connectivity index (χ0) is 23.2. The highest BCUT2D eigenvalue weighted by Crippen LogP contribution is 2.29. The van der Waals surface area contributed by atoms with Crippen LogP contribution in [0.15, 0.2) is 55.1 Å². The zero-order valence-electron chi connectivity index (χ0n) is 18.5. The van der Waals surface area contributed by atoms with Gasteiger partial charge in [-0.2, -0.15) is 0 Å². The molecule has 0 saturated carbocycles. The molecule has 0 atom stereocenters. The molecule has 0 unspecified atom stereocenters. The highest BCUT2D eigenvalue weighted by atomic mass is 16.5. The Morgan fingerprint density at radius 1 is 1.03 bits per heavy atom. The third-order valence-corrected chi connectivity index (χ3v) is 4.72. The lowest BCUT2D eigenvalue weighted by Gasteiger charge is -2.12. The first-order valence-electron chi connectivity index (χ1n) is 10.3. The number of ether oxygens (including phenoxy) is 1. The summed E-state index contributed by atoms with van der Waals surface area (Å²) in [6.07, 6.45) is 4.82. The lowest BCUT2D eigenvalue weighted by molar-refractivity contribution is -0.118. The number of hydrogen-bond donors (Lipinski definition) is 2. The summed E-state index contributed by atoms with van der Waals surface area (Å²) in [5.74, 6) is 8.55. The predicted octanol–water partition coefficient (Wildman–Crippen LogP) is 4.06.